The summed E-state index contributed by atoms with van der Waals surface area (Å²) in [6.07, 6.45) is 1.75. The summed E-state index contributed by atoms with van der Waals surface area (Å²) >= 11 is 0. The standard InChI is InChI=1S/C21H28F2N4O3/c1-20(2,3)19-25(4)16(28)9-27(19)18(29)14-7-8-15(26-11-21(22,23)12-26)17(24-14)30-10-13-5-6-13/h7-8,13,19H,5-6,9-12H2,1-4H3. The number of hydrogen-bond acceptors (Lipinski definition) is 5. The minimum absolute atomic E-state index is 0.0166. The number of nitrogens with zero attached hydrogens (tertiary/aromatic N) is 4. The fraction of sp³-hybridized carbons (Fsp3) is 0.667. The summed E-state index contributed by atoms with van der Waals surface area (Å²) in [5.74, 6) is -2.57. The molecule has 3 aliphatic rings. The fourth-order valence-electron chi connectivity index (χ4n) is 4.13. The van der Waals surface area contributed by atoms with Gasteiger partial charge >= 0.3 is 0 Å². The first-order chi connectivity index (χ1) is 14.0. The van der Waals surface area contributed by atoms with Crippen LogP contribution >= 0.6 is 0 Å². The highest BCUT2D eigenvalue weighted by atomic mass is 19.3. The molecule has 2 saturated heterocycles. The molecule has 4 rings (SSSR count). The Morgan fingerprint density at radius 1 is 1.27 bits per heavy atom. The Labute approximate surface area is 175 Å². The summed E-state index contributed by atoms with van der Waals surface area (Å²) in [7, 11) is 1.69. The Bertz CT molecular complexity index is 858. The van der Waals surface area contributed by atoms with E-state index in [0.29, 0.717) is 18.2 Å². The van der Waals surface area contributed by atoms with E-state index < -0.39 is 12.1 Å². The third-order valence-corrected chi connectivity index (χ3v) is 5.79. The summed E-state index contributed by atoms with van der Waals surface area (Å²) < 4.78 is 32.6. The predicted octanol–water partition coefficient (Wildman–Crippen LogP) is 2.61. The number of aromatic nitrogens is 1. The number of likely N-dealkylation sites (N-methyl/N-ethyl adjacent to an activating group) is 1. The molecule has 1 aromatic rings. The molecule has 2 amide bonds. The maximum absolute atomic E-state index is 13.4. The normalized spacial score (nSPS) is 23.6. The molecule has 2 aliphatic heterocycles. The second-order valence-electron chi connectivity index (χ2n) is 9.66. The summed E-state index contributed by atoms with van der Waals surface area (Å²) in [4.78, 5) is 34.6. The van der Waals surface area contributed by atoms with E-state index in [2.05, 4.69) is 4.98 Å². The molecular formula is C21H28F2N4O3. The van der Waals surface area contributed by atoms with Crippen LogP contribution in [0.15, 0.2) is 12.1 Å². The van der Waals surface area contributed by atoms with Gasteiger partial charge in [0.2, 0.25) is 11.8 Å². The van der Waals surface area contributed by atoms with Crippen molar-refractivity contribution in [3.8, 4) is 5.88 Å². The first-order valence-electron chi connectivity index (χ1n) is 10.3. The van der Waals surface area contributed by atoms with Crippen molar-refractivity contribution >= 4 is 17.5 Å². The molecular weight excluding hydrogens is 394 g/mol. The van der Waals surface area contributed by atoms with E-state index in [4.69, 9.17) is 4.74 Å². The second-order valence-corrected chi connectivity index (χ2v) is 9.66. The van der Waals surface area contributed by atoms with E-state index in [1.165, 1.54) is 15.9 Å². The van der Waals surface area contributed by atoms with Crippen molar-refractivity contribution in [1.29, 1.82) is 0 Å². The molecule has 164 valence electrons. The van der Waals surface area contributed by atoms with Gasteiger partial charge in [-0.15, -0.1) is 0 Å². The Balaban J connectivity index is 1.60. The lowest BCUT2D eigenvalue weighted by atomic mass is 9.91. The van der Waals surface area contributed by atoms with Gasteiger partial charge in [-0.3, -0.25) is 9.59 Å². The van der Waals surface area contributed by atoms with Crippen LogP contribution in [0.3, 0.4) is 0 Å². The molecule has 9 heteroatoms. The molecule has 0 N–H and O–H groups in total. The van der Waals surface area contributed by atoms with Gasteiger partial charge < -0.3 is 19.4 Å². The van der Waals surface area contributed by atoms with E-state index >= 15 is 0 Å². The number of hydrogen-bond donors (Lipinski definition) is 0. The number of rotatable bonds is 5. The lowest BCUT2D eigenvalue weighted by Gasteiger charge is -2.40. The van der Waals surface area contributed by atoms with Gasteiger partial charge in [0.1, 0.15) is 24.1 Å². The van der Waals surface area contributed by atoms with Crippen LogP contribution in [0.1, 0.15) is 44.1 Å². The molecule has 1 aliphatic carbocycles. The number of anilines is 1. The summed E-state index contributed by atoms with van der Waals surface area (Å²) in [6, 6.07) is 3.14. The summed E-state index contributed by atoms with van der Waals surface area (Å²) in [6.45, 7) is 5.57. The van der Waals surface area contributed by atoms with Crippen molar-refractivity contribution in [2.45, 2.75) is 45.7 Å². The lowest BCUT2D eigenvalue weighted by Crippen LogP contribution is -2.56. The van der Waals surface area contributed by atoms with E-state index in [1.807, 2.05) is 20.8 Å². The topological polar surface area (TPSA) is 66.0 Å². The number of alkyl halides is 2. The van der Waals surface area contributed by atoms with Crippen LogP contribution in [0, 0.1) is 11.3 Å². The van der Waals surface area contributed by atoms with Crippen LogP contribution in [-0.2, 0) is 4.79 Å². The quantitative estimate of drug-likeness (QED) is 0.730. The van der Waals surface area contributed by atoms with Crippen molar-refractivity contribution in [2.75, 3.05) is 38.2 Å². The van der Waals surface area contributed by atoms with Crippen LogP contribution in [0.5, 0.6) is 5.88 Å². The number of halogens is 2. The molecule has 30 heavy (non-hydrogen) atoms. The highest BCUT2D eigenvalue weighted by molar-refractivity contribution is 5.97. The number of amides is 2. The van der Waals surface area contributed by atoms with Gasteiger partial charge in [0.05, 0.1) is 19.7 Å². The van der Waals surface area contributed by atoms with E-state index in [-0.39, 0.29) is 48.4 Å². The number of pyridine rings is 1. The van der Waals surface area contributed by atoms with Gasteiger partial charge in [-0.25, -0.2) is 13.8 Å². The lowest BCUT2D eigenvalue weighted by molar-refractivity contribution is -0.127. The van der Waals surface area contributed by atoms with Crippen molar-refractivity contribution in [1.82, 2.24) is 14.8 Å². The largest absolute Gasteiger partial charge is 0.476 e. The molecule has 0 spiro atoms. The second kappa shape index (κ2) is 7.06. The van der Waals surface area contributed by atoms with Crippen LogP contribution < -0.4 is 9.64 Å². The van der Waals surface area contributed by atoms with Gasteiger partial charge in [0.25, 0.3) is 11.8 Å². The summed E-state index contributed by atoms with van der Waals surface area (Å²) in [5.41, 5.74) is 0.277. The summed E-state index contributed by atoms with van der Waals surface area (Å²) in [5, 5.41) is 0. The highest BCUT2D eigenvalue weighted by Gasteiger charge is 2.47. The van der Waals surface area contributed by atoms with Crippen LogP contribution in [0.2, 0.25) is 0 Å². The zero-order chi connectivity index (χ0) is 21.8. The van der Waals surface area contributed by atoms with Crippen molar-refractivity contribution in [3.05, 3.63) is 17.8 Å². The first kappa shape index (κ1) is 20.8. The Kier molecular flexibility index (Phi) is 4.90. The van der Waals surface area contributed by atoms with Crippen LogP contribution in [-0.4, -0.2) is 72.0 Å². The van der Waals surface area contributed by atoms with Crippen molar-refractivity contribution in [2.24, 2.45) is 11.3 Å². The Morgan fingerprint density at radius 2 is 1.93 bits per heavy atom. The van der Waals surface area contributed by atoms with E-state index in [1.54, 1.807) is 18.0 Å². The zero-order valence-corrected chi connectivity index (χ0v) is 17.8. The van der Waals surface area contributed by atoms with Gasteiger partial charge in [0, 0.05) is 12.5 Å². The average molecular weight is 422 g/mol. The molecule has 7 nitrogen and oxygen atoms in total. The fourth-order valence-corrected chi connectivity index (χ4v) is 4.13. The van der Waals surface area contributed by atoms with Crippen LogP contribution in [0.4, 0.5) is 14.5 Å². The third-order valence-electron chi connectivity index (χ3n) is 5.79. The maximum atomic E-state index is 13.4. The minimum atomic E-state index is -2.72. The van der Waals surface area contributed by atoms with Gasteiger partial charge in [-0.1, -0.05) is 20.8 Å². The molecule has 1 unspecified atom stereocenters. The average Bonchev–Trinajstić information content (AvgIpc) is 3.41. The number of carbonyl (C=O) groups is 2. The van der Waals surface area contributed by atoms with Gasteiger partial charge in [0.15, 0.2) is 0 Å². The minimum Gasteiger partial charge on any atom is -0.476 e. The van der Waals surface area contributed by atoms with Crippen LogP contribution in [0.25, 0.3) is 0 Å². The Morgan fingerprint density at radius 3 is 2.50 bits per heavy atom. The molecule has 0 radical (unpaired) electrons. The molecule has 0 bridgehead atoms. The molecule has 1 atom stereocenters. The number of ether oxygens (including phenoxy) is 1. The molecule has 1 saturated carbocycles. The SMILES string of the molecule is CN1C(=O)CN(C(=O)c2ccc(N3CC(F)(F)C3)c(OCC3CC3)n2)C1C(C)(C)C. The third kappa shape index (κ3) is 3.94. The van der Waals surface area contributed by atoms with Gasteiger partial charge in [-0.2, -0.15) is 0 Å². The molecule has 3 heterocycles. The smallest absolute Gasteiger partial charge is 0.282 e. The van der Waals surface area contributed by atoms with Crippen molar-refractivity contribution in [3.63, 3.8) is 0 Å². The first-order valence-corrected chi connectivity index (χ1v) is 10.3. The zero-order valence-electron chi connectivity index (χ0n) is 17.8. The molecule has 3 fully saturated rings. The van der Waals surface area contributed by atoms with Crippen molar-refractivity contribution < 1.29 is 23.1 Å². The van der Waals surface area contributed by atoms with E-state index in [0.717, 1.165) is 12.8 Å². The maximum Gasteiger partial charge on any atom is 0.282 e. The number of carbonyl (C=O) groups excluding carboxylic acids is 2. The van der Waals surface area contributed by atoms with Gasteiger partial charge in [-0.05, 0) is 30.9 Å². The monoisotopic (exact) mass is 422 g/mol. The highest BCUT2D eigenvalue weighted by Crippen LogP contribution is 2.38. The molecule has 1 aromatic heterocycles. The predicted molar refractivity (Wildman–Crippen MR) is 107 cm³/mol. The molecule has 0 aromatic carbocycles. The Hall–Kier alpha value is -2.45. The van der Waals surface area contributed by atoms with E-state index in [9.17, 15) is 18.4 Å².